The lowest BCUT2D eigenvalue weighted by Crippen LogP contribution is -2.29. The SMILES string of the molecule is O=C([O-])Cn1nc(C(F)(F)F)c2c1CCCCC2. The van der Waals surface area contributed by atoms with Gasteiger partial charge in [-0.25, -0.2) is 0 Å². The molecule has 0 amide bonds. The van der Waals surface area contributed by atoms with Crippen molar-refractivity contribution in [1.29, 1.82) is 0 Å². The van der Waals surface area contributed by atoms with Crippen molar-refractivity contribution in [3.8, 4) is 0 Å². The van der Waals surface area contributed by atoms with E-state index in [9.17, 15) is 23.1 Å². The van der Waals surface area contributed by atoms with Gasteiger partial charge in [-0.2, -0.15) is 18.3 Å². The highest BCUT2D eigenvalue weighted by molar-refractivity contribution is 5.64. The Hall–Kier alpha value is -1.53. The third-order valence-corrected chi connectivity index (χ3v) is 3.05. The van der Waals surface area contributed by atoms with E-state index in [4.69, 9.17) is 0 Å². The minimum atomic E-state index is -4.54. The van der Waals surface area contributed by atoms with Crippen LogP contribution < -0.4 is 5.11 Å². The highest BCUT2D eigenvalue weighted by Crippen LogP contribution is 2.35. The molecule has 0 unspecified atom stereocenters. The van der Waals surface area contributed by atoms with Crippen LogP contribution in [-0.2, 0) is 30.4 Å². The van der Waals surface area contributed by atoms with Gasteiger partial charge in [0.2, 0.25) is 0 Å². The maximum atomic E-state index is 12.8. The number of fused-ring (bicyclic) bond motifs is 1. The molecule has 0 aliphatic heterocycles. The van der Waals surface area contributed by atoms with E-state index in [1.165, 1.54) is 0 Å². The number of aliphatic carboxylic acids is 1. The van der Waals surface area contributed by atoms with Crippen LogP contribution in [0.3, 0.4) is 0 Å². The summed E-state index contributed by atoms with van der Waals surface area (Å²) in [5, 5.41) is 14.0. The van der Waals surface area contributed by atoms with Crippen LogP contribution >= 0.6 is 0 Å². The number of alkyl halides is 3. The summed E-state index contributed by atoms with van der Waals surface area (Å²) in [5.74, 6) is -1.43. The Kier molecular flexibility index (Phi) is 3.32. The average molecular weight is 261 g/mol. The fraction of sp³-hybridized carbons (Fsp3) is 0.636. The number of carboxylic acids is 1. The number of hydrogen-bond donors (Lipinski definition) is 0. The van der Waals surface area contributed by atoms with Gasteiger partial charge in [0.15, 0.2) is 5.69 Å². The quantitative estimate of drug-likeness (QED) is 0.744. The minimum Gasteiger partial charge on any atom is -0.548 e. The number of rotatable bonds is 2. The van der Waals surface area contributed by atoms with E-state index in [1.807, 2.05) is 0 Å². The molecule has 1 aromatic rings. The van der Waals surface area contributed by atoms with E-state index in [0.717, 1.165) is 17.5 Å². The van der Waals surface area contributed by atoms with Gasteiger partial charge in [0.1, 0.15) is 0 Å². The zero-order valence-corrected chi connectivity index (χ0v) is 9.59. The van der Waals surface area contributed by atoms with Crippen LogP contribution in [0.2, 0.25) is 0 Å². The van der Waals surface area contributed by atoms with Crippen molar-refractivity contribution >= 4 is 5.97 Å². The molecule has 0 saturated heterocycles. The first-order valence-corrected chi connectivity index (χ1v) is 5.75. The lowest BCUT2D eigenvalue weighted by atomic mass is 10.1. The Bertz CT molecular complexity index is 466. The van der Waals surface area contributed by atoms with Gasteiger partial charge in [0.25, 0.3) is 0 Å². The maximum Gasteiger partial charge on any atom is 0.435 e. The van der Waals surface area contributed by atoms with Crippen LogP contribution in [0.4, 0.5) is 13.2 Å². The first-order valence-electron chi connectivity index (χ1n) is 5.75. The van der Waals surface area contributed by atoms with E-state index in [-0.39, 0.29) is 5.56 Å². The van der Waals surface area contributed by atoms with Gasteiger partial charge in [0.05, 0.1) is 12.5 Å². The zero-order valence-electron chi connectivity index (χ0n) is 9.59. The molecule has 100 valence electrons. The Labute approximate surface area is 101 Å². The maximum absolute atomic E-state index is 12.8. The molecule has 0 N–H and O–H groups in total. The number of halogens is 3. The van der Waals surface area contributed by atoms with Crippen molar-refractivity contribution in [3.05, 3.63) is 17.0 Å². The van der Waals surface area contributed by atoms with Crippen LogP contribution in [0.5, 0.6) is 0 Å². The molecule has 0 fully saturated rings. The minimum absolute atomic E-state index is 0.154. The molecule has 1 aromatic heterocycles. The number of carbonyl (C=O) groups excluding carboxylic acids is 1. The van der Waals surface area contributed by atoms with Crippen LogP contribution in [0.25, 0.3) is 0 Å². The molecule has 0 bridgehead atoms. The molecule has 0 saturated carbocycles. The van der Waals surface area contributed by atoms with Crippen molar-refractivity contribution in [3.63, 3.8) is 0 Å². The van der Waals surface area contributed by atoms with Gasteiger partial charge in [-0.15, -0.1) is 0 Å². The zero-order chi connectivity index (χ0) is 13.3. The summed E-state index contributed by atoms with van der Waals surface area (Å²) in [6, 6.07) is 0. The summed E-state index contributed by atoms with van der Waals surface area (Å²) in [5.41, 5.74) is -0.397. The first kappa shape index (κ1) is 12.9. The number of hydrogen-bond acceptors (Lipinski definition) is 3. The van der Waals surface area contributed by atoms with Gasteiger partial charge in [0, 0.05) is 11.3 Å². The van der Waals surface area contributed by atoms with Crippen molar-refractivity contribution in [2.24, 2.45) is 0 Å². The number of carbonyl (C=O) groups is 1. The molecule has 1 aliphatic carbocycles. The molecule has 1 aliphatic rings. The summed E-state index contributed by atoms with van der Waals surface area (Å²) in [7, 11) is 0. The average Bonchev–Trinajstić information content (AvgIpc) is 2.46. The second-order valence-corrected chi connectivity index (χ2v) is 4.36. The Morgan fingerprint density at radius 2 is 1.94 bits per heavy atom. The molecular formula is C11H12F3N2O2-. The molecular weight excluding hydrogens is 249 g/mol. The molecule has 18 heavy (non-hydrogen) atoms. The van der Waals surface area contributed by atoms with Gasteiger partial charge >= 0.3 is 6.18 Å². The predicted octanol–water partition coefficient (Wildman–Crippen LogP) is 0.921. The second kappa shape index (κ2) is 4.62. The molecule has 0 atom stereocenters. The fourth-order valence-electron chi connectivity index (χ4n) is 2.33. The third-order valence-electron chi connectivity index (χ3n) is 3.05. The Balaban J connectivity index is 2.48. The summed E-state index contributed by atoms with van der Waals surface area (Å²) >= 11 is 0. The van der Waals surface area contributed by atoms with Crippen molar-refractivity contribution in [1.82, 2.24) is 9.78 Å². The Morgan fingerprint density at radius 3 is 2.56 bits per heavy atom. The number of carboxylic acid groups (broad SMARTS) is 1. The molecule has 0 radical (unpaired) electrons. The van der Waals surface area contributed by atoms with Crippen LogP contribution in [0.1, 0.15) is 36.2 Å². The van der Waals surface area contributed by atoms with E-state index in [1.54, 1.807) is 0 Å². The molecule has 0 aromatic carbocycles. The summed E-state index contributed by atoms with van der Waals surface area (Å²) in [6.45, 7) is -0.627. The lowest BCUT2D eigenvalue weighted by molar-refractivity contribution is -0.306. The third kappa shape index (κ3) is 2.49. The molecule has 0 spiro atoms. The molecule has 4 nitrogen and oxygen atoms in total. The van der Waals surface area contributed by atoms with Crippen molar-refractivity contribution < 1.29 is 23.1 Å². The van der Waals surface area contributed by atoms with Crippen molar-refractivity contribution in [2.45, 2.75) is 44.8 Å². The highest BCUT2D eigenvalue weighted by atomic mass is 19.4. The van der Waals surface area contributed by atoms with Crippen LogP contribution in [0, 0.1) is 0 Å². The molecule has 2 rings (SSSR count). The highest BCUT2D eigenvalue weighted by Gasteiger charge is 2.39. The van der Waals surface area contributed by atoms with Crippen LogP contribution in [-0.4, -0.2) is 15.7 Å². The summed E-state index contributed by atoms with van der Waals surface area (Å²) in [6.07, 6.45) is -1.53. The van der Waals surface area contributed by atoms with E-state index >= 15 is 0 Å². The lowest BCUT2D eigenvalue weighted by Gasteiger charge is -2.07. The molecule has 1 heterocycles. The van der Waals surface area contributed by atoms with Crippen molar-refractivity contribution in [2.75, 3.05) is 0 Å². The largest absolute Gasteiger partial charge is 0.548 e. The normalized spacial score (nSPS) is 16.2. The fourth-order valence-corrected chi connectivity index (χ4v) is 2.33. The second-order valence-electron chi connectivity index (χ2n) is 4.36. The Morgan fingerprint density at radius 1 is 1.28 bits per heavy atom. The summed E-state index contributed by atoms with van der Waals surface area (Å²) < 4.78 is 39.4. The predicted molar refractivity (Wildman–Crippen MR) is 53.5 cm³/mol. The van der Waals surface area contributed by atoms with Gasteiger partial charge in [-0.3, -0.25) is 4.68 Å². The smallest absolute Gasteiger partial charge is 0.435 e. The van der Waals surface area contributed by atoms with E-state index < -0.39 is 24.4 Å². The van der Waals surface area contributed by atoms with Gasteiger partial charge in [-0.1, -0.05) is 6.42 Å². The van der Waals surface area contributed by atoms with E-state index in [2.05, 4.69) is 5.10 Å². The van der Waals surface area contributed by atoms with E-state index in [0.29, 0.717) is 25.0 Å². The number of nitrogens with zero attached hydrogens (tertiary/aromatic N) is 2. The molecule has 7 heteroatoms. The van der Waals surface area contributed by atoms with Gasteiger partial charge < -0.3 is 9.90 Å². The monoisotopic (exact) mass is 261 g/mol. The van der Waals surface area contributed by atoms with Gasteiger partial charge in [-0.05, 0) is 25.7 Å². The summed E-state index contributed by atoms with van der Waals surface area (Å²) in [4.78, 5) is 10.5. The van der Waals surface area contributed by atoms with Crippen LogP contribution in [0.15, 0.2) is 0 Å². The first-order chi connectivity index (χ1) is 8.39. The number of aromatic nitrogens is 2. The standard InChI is InChI=1S/C11H13F3N2O2/c12-11(13,14)10-7-4-2-1-3-5-8(7)16(15-10)6-9(17)18/h1-6H2,(H,17,18)/p-1. The topological polar surface area (TPSA) is 57.9 Å².